The Morgan fingerprint density at radius 1 is 1.12 bits per heavy atom. The van der Waals surface area contributed by atoms with E-state index >= 15 is 0 Å². The average molecular weight is 328 g/mol. The van der Waals surface area contributed by atoms with E-state index in [-0.39, 0.29) is 17.8 Å². The first-order valence-corrected chi connectivity index (χ1v) is 7.48. The standard InChI is InChI=1S/C17H20N4O3/c1-20(2)16(13-6-4-3-5-7-13)12-18-17(22)19-14-8-10-15(11-9-14)21(23)24/h3-11,16H,12H2,1-2H3,(H2,18,19,22)/t16-/m0/s1. The van der Waals surface area contributed by atoms with E-state index in [4.69, 9.17) is 0 Å². The molecular formula is C17H20N4O3. The van der Waals surface area contributed by atoms with Crippen LogP contribution in [0.2, 0.25) is 0 Å². The van der Waals surface area contributed by atoms with Gasteiger partial charge in [0, 0.05) is 24.4 Å². The number of nitro groups is 1. The number of urea groups is 1. The number of benzene rings is 2. The Labute approximate surface area is 140 Å². The van der Waals surface area contributed by atoms with E-state index in [0.29, 0.717) is 12.2 Å². The number of nitrogens with one attached hydrogen (secondary N) is 2. The van der Waals surface area contributed by atoms with Crippen molar-refractivity contribution >= 4 is 17.4 Å². The molecule has 0 bridgehead atoms. The maximum absolute atomic E-state index is 12.0. The Balaban J connectivity index is 1.92. The van der Waals surface area contributed by atoms with Crippen LogP contribution in [-0.2, 0) is 0 Å². The van der Waals surface area contributed by atoms with E-state index in [1.54, 1.807) is 0 Å². The monoisotopic (exact) mass is 328 g/mol. The van der Waals surface area contributed by atoms with Gasteiger partial charge in [0.1, 0.15) is 0 Å². The fraction of sp³-hybridized carbons (Fsp3) is 0.235. The number of likely N-dealkylation sites (N-methyl/N-ethyl adjacent to an activating group) is 1. The molecule has 0 spiro atoms. The third kappa shape index (κ3) is 4.79. The summed E-state index contributed by atoms with van der Waals surface area (Å²) in [6, 6.07) is 15.3. The Kier molecular flexibility index (Phi) is 5.86. The molecule has 0 saturated carbocycles. The highest BCUT2D eigenvalue weighted by Gasteiger charge is 2.15. The van der Waals surface area contributed by atoms with Crippen LogP contribution in [0, 0.1) is 10.1 Å². The number of nitro benzene ring substituents is 1. The number of hydrogen-bond acceptors (Lipinski definition) is 4. The second-order valence-electron chi connectivity index (χ2n) is 5.53. The average Bonchev–Trinajstić information content (AvgIpc) is 2.56. The van der Waals surface area contributed by atoms with Crippen molar-refractivity contribution in [3.8, 4) is 0 Å². The van der Waals surface area contributed by atoms with Crippen LogP contribution < -0.4 is 10.6 Å². The van der Waals surface area contributed by atoms with E-state index in [0.717, 1.165) is 5.56 Å². The van der Waals surface area contributed by atoms with Gasteiger partial charge in [-0.1, -0.05) is 30.3 Å². The lowest BCUT2D eigenvalue weighted by Crippen LogP contribution is -2.36. The van der Waals surface area contributed by atoms with Gasteiger partial charge in [0.2, 0.25) is 0 Å². The van der Waals surface area contributed by atoms with Crippen LogP contribution in [0.15, 0.2) is 54.6 Å². The van der Waals surface area contributed by atoms with Crippen molar-refractivity contribution in [2.45, 2.75) is 6.04 Å². The van der Waals surface area contributed by atoms with Crippen molar-refractivity contribution in [2.24, 2.45) is 0 Å². The summed E-state index contributed by atoms with van der Waals surface area (Å²) < 4.78 is 0. The lowest BCUT2D eigenvalue weighted by molar-refractivity contribution is -0.384. The number of amides is 2. The lowest BCUT2D eigenvalue weighted by Gasteiger charge is -2.25. The summed E-state index contributed by atoms with van der Waals surface area (Å²) in [4.78, 5) is 24.2. The summed E-state index contributed by atoms with van der Waals surface area (Å²) in [7, 11) is 3.90. The molecule has 2 rings (SSSR count). The van der Waals surface area contributed by atoms with Crippen molar-refractivity contribution in [1.29, 1.82) is 0 Å². The zero-order valence-corrected chi connectivity index (χ0v) is 13.6. The van der Waals surface area contributed by atoms with E-state index in [9.17, 15) is 14.9 Å². The van der Waals surface area contributed by atoms with Gasteiger partial charge in [0.25, 0.3) is 5.69 Å². The minimum Gasteiger partial charge on any atom is -0.336 e. The van der Waals surface area contributed by atoms with Gasteiger partial charge in [-0.05, 0) is 31.8 Å². The molecule has 24 heavy (non-hydrogen) atoms. The highest BCUT2D eigenvalue weighted by atomic mass is 16.6. The second-order valence-corrected chi connectivity index (χ2v) is 5.53. The molecule has 2 N–H and O–H groups in total. The first-order valence-electron chi connectivity index (χ1n) is 7.48. The molecule has 0 heterocycles. The number of rotatable bonds is 6. The predicted octanol–water partition coefficient (Wildman–Crippen LogP) is 3.02. The summed E-state index contributed by atoms with van der Waals surface area (Å²) in [5, 5.41) is 16.1. The Hall–Kier alpha value is -2.93. The molecule has 0 saturated heterocycles. The lowest BCUT2D eigenvalue weighted by atomic mass is 10.1. The first kappa shape index (κ1) is 17.4. The minimum absolute atomic E-state index is 0.0160. The number of anilines is 1. The molecule has 0 aliphatic carbocycles. The maximum Gasteiger partial charge on any atom is 0.319 e. The predicted molar refractivity (Wildman–Crippen MR) is 93.0 cm³/mol. The fourth-order valence-electron chi connectivity index (χ4n) is 2.30. The minimum atomic E-state index is -0.481. The van der Waals surface area contributed by atoms with E-state index in [2.05, 4.69) is 10.6 Å². The number of non-ortho nitro benzene ring substituents is 1. The summed E-state index contributed by atoms with van der Waals surface area (Å²) in [5.74, 6) is 0. The van der Waals surface area contributed by atoms with Gasteiger partial charge in [-0.2, -0.15) is 0 Å². The molecule has 7 nitrogen and oxygen atoms in total. The molecule has 2 aromatic rings. The summed E-state index contributed by atoms with van der Waals surface area (Å²) in [6.45, 7) is 0.440. The number of carbonyl (C=O) groups is 1. The van der Waals surface area contributed by atoms with E-state index in [1.165, 1.54) is 24.3 Å². The van der Waals surface area contributed by atoms with Crippen LogP contribution in [0.1, 0.15) is 11.6 Å². The highest BCUT2D eigenvalue weighted by Crippen LogP contribution is 2.17. The molecule has 0 aromatic heterocycles. The molecule has 2 aromatic carbocycles. The Morgan fingerprint density at radius 2 is 1.75 bits per heavy atom. The number of carbonyl (C=O) groups excluding carboxylic acids is 1. The summed E-state index contributed by atoms with van der Waals surface area (Å²) in [6.07, 6.45) is 0. The third-order valence-electron chi connectivity index (χ3n) is 3.60. The smallest absolute Gasteiger partial charge is 0.319 e. The van der Waals surface area contributed by atoms with Crippen LogP contribution in [-0.4, -0.2) is 36.5 Å². The van der Waals surface area contributed by atoms with Gasteiger partial charge in [-0.25, -0.2) is 4.79 Å². The molecule has 0 unspecified atom stereocenters. The van der Waals surface area contributed by atoms with Gasteiger partial charge in [-0.15, -0.1) is 0 Å². The largest absolute Gasteiger partial charge is 0.336 e. The van der Waals surface area contributed by atoms with Crippen molar-refractivity contribution in [2.75, 3.05) is 26.0 Å². The van der Waals surface area contributed by atoms with Crippen LogP contribution >= 0.6 is 0 Å². The molecule has 0 aliphatic rings. The van der Waals surface area contributed by atoms with Crippen molar-refractivity contribution in [1.82, 2.24) is 10.2 Å². The van der Waals surface area contributed by atoms with Crippen molar-refractivity contribution < 1.29 is 9.72 Å². The molecule has 0 aliphatic heterocycles. The first-order chi connectivity index (χ1) is 11.5. The molecule has 1 atom stereocenters. The molecule has 0 fully saturated rings. The quantitative estimate of drug-likeness (QED) is 0.630. The normalized spacial score (nSPS) is 11.8. The molecule has 0 radical (unpaired) electrons. The third-order valence-corrected chi connectivity index (χ3v) is 3.60. The summed E-state index contributed by atoms with van der Waals surface area (Å²) in [5.41, 5.74) is 1.59. The highest BCUT2D eigenvalue weighted by molar-refractivity contribution is 5.89. The topological polar surface area (TPSA) is 87.5 Å². The Morgan fingerprint density at radius 3 is 2.29 bits per heavy atom. The van der Waals surface area contributed by atoms with Crippen LogP contribution in [0.25, 0.3) is 0 Å². The zero-order chi connectivity index (χ0) is 17.5. The van der Waals surface area contributed by atoms with Gasteiger partial charge in [-0.3, -0.25) is 10.1 Å². The van der Waals surface area contributed by atoms with Gasteiger partial charge in [0.05, 0.1) is 11.0 Å². The van der Waals surface area contributed by atoms with Crippen molar-refractivity contribution in [3.05, 3.63) is 70.3 Å². The van der Waals surface area contributed by atoms with Crippen LogP contribution in [0.3, 0.4) is 0 Å². The van der Waals surface area contributed by atoms with E-state index < -0.39 is 4.92 Å². The van der Waals surface area contributed by atoms with Gasteiger partial charge in [0.15, 0.2) is 0 Å². The fourth-order valence-corrected chi connectivity index (χ4v) is 2.30. The van der Waals surface area contributed by atoms with Crippen LogP contribution in [0.4, 0.5) is 16.2 Å². The van der Waals surface area contributed by atoms with Gasteiger partial charge < -0.3 is 15.5 Å². The molecule has 2 amide bonds. The second kappa shape index (κ2) is 8.07. The molecule has 126 valence electrons. The molecule has 7 heteroatoms. The number of hydrogen-bond donors (Lipinski definition) is 2. The summed E-state index contributed by atoms with van der Waals surface area (Å²) >= 11 is 0. The van der Waals surface area contributed by atoms with Gasteiger partial charge >= 0.3 is 6.03 Å². The maximum atomic E-state index is 12.0. The number of nitrogens with zero attached hydrogens (tertiary/aromatic N) is 2. The zero-order valence-electron chi connectivity index (χ0n) is 13.6. The Bertz CT molecular complexity index is 687. The SMILES string of the molecule is CN(C)[C@@H](CNC(=O)Nc1ccc([N+](=O)[O-])cc1)c1ccccc1. The van der Waals surface area contributed by atoms with Crippen molar-refractivity contribution in [3.63, 3.8) is 0 Å². The van der Waals surface area contributed by atoms with Crippen LogP contribution in [0.5, 0.6) is 0 Å². The van der Waals surface area contributed by atoms with E-state index in [1.807, 2.05) is 49.3 Å². The molecular weight excluding hydrogens is 308 g/mol.